The van der Waals surface area contributed by atoms with Crippen molar-refractivity contribution in [3.05, 3.63) is 34.9 Å². The zero-order valence-corrected chi connectivity index (χ0v) is 13.5. The number of hydrogen-bond donors (Lipinski definition) is 1. The molecule has 0 saturated carbocycles. The predicted octanol–water partition coefficient (Wildman–Crippen LogP) is 1.78. The van der Waals surface area contributed by atoms with Crippen LogP contribution in [0.2, 0.25) is 5.02 Å². The molecule has 0 aliphatic carbocycles. The van der Waals surface area contributed by atoms with Gasteiger partial charge in [-0.2, -0.15) is 13.2 Å². The van der Waals surface area contributed by atoms with Gasteiger partial charge in [-0.05, 0) is 24.3 Å². The van der Waals surface area contributed by atoms with Crippen molar-refractivity contribution in [1.29, 1.82) is 0 Å². The minimum Gasteiger partial charge on any atom is -0.346 e. The molecule has 1 aromatic carbocycles. The molecule has 1 aliphatic rings. The van der Waals surface area contributed by atoms with Crippen molar-refractivity contribution in [1.82, 2.24) is 15.1 Å². The standard InChI is InChI=1S/C15H17ClF3N3O2/c16-12-3-1-11(2-4-12)14(24)22-7-5-21(6-8-22)9-13(23)20-10-15(17,18)19/h1-4H,5-10H2,(H,20,23). The van der Waals surface area contributed by atoms with Gasteiger partial charge in [0.25, 0.3) is 5.91 Å². The molecule has 1 fully saturated rings. The molecule has 5 nitrogen and oxygen atoms in total. The molecule has 2 amide bonds. The Morgan fingerprint density at radius 1 is 1.08 bits per heavy atom. The van der Waals surface area contributed by atoms with Gasteiger partial charge in [0.15, 0.2) is 0 Å². The van der Waals surface area contributed by atoms with Crippen LogP contribution in [0, 0.1) is 0 Å². The second-order valence-corrected chi connectivity index (χ2v) is 5.90. The second-order valence-electron chi connectivity index (χ2n) is 5.47. The van der Waals surface area contributed by atoms with Crippen LogP contribution in [0.3, 0.4) is 0 Å². The fourth-order valence-corrected chi connectivity index (χ4v) is 2.47. The number of amides is 2. The monoisotopic (exact) mass is 363 g/mol. The topological polar surface area (TPSA) is 52.7 Å². The lowest BCUT2D eigenvalue weighted by molar-refractivity contribution is -0.139. The lowest BCUT2D eigenvalue weighted by atomic mass is 10.2. The van der Waals surface area contributed by atoms with Crippen LogP contribution < -0.4 is 5.32 Å². The Bertz CT molecular complexity index is 585. The van der Waals surface area contributed by atoms with Gasteiger partial charge in [0.2, 0.25) is 5.91 Å². The SMILES string of the molecule is O=C(CN1CCN(C(=O)c2ccc(Cl)cc2)CC1)NCC(F)(F)F. The van der Waals surface area contributed by atoms with Gasteiger partial charge in [-0.15, -0.1) is 0 Å². The van der Waals surface area contributed by atoms with E-state index in [1.54, 1.807) is 34.1 Å². The van der Waals surface area contributed by atoms with Crippen LogP contribution in [-0.4, -0.2) is 67.1 Å². The Balaban J connectivity index is 1.78. The molecule has 1 saturated heterocycles. The van der Waals surface area contributed by atoms with Gasteiger partial charge in [0.05, 0.1) is 6.54 Å². The molecule has 1 aromatic rings. The third-order valence-electron chi connectivity index (χ3n) is 3.60. The zero-order chi connectivity index (χ0) is 17.7. The fraction of sp³-hybridized carbons (Fsp3) is 0.467. The Hall–Kier alpha value is -1.80. The largest absolute Gasteiger partial charge is 0.405 e. The molecular formula is C15H17ClF3N3O2. The summed E-state index contributed by atoms with van der Waals surface area (Å²) in [6, 6.07) is 6.55. The Labute approximate surface area is 142 Å². The predicted molar refractivity (Wildman–Crippen MR) is 82.9 cm³/mol. The lowest BCUT2D eigenvalue weighted by Crippen LogP contribution is -2.51. The quantitative estimate of drug-likeness (QED) is 0.887. The van der Waals surface area contributed by atoms with Crippen molar-refractivity contribution >= 4 is 23.4 Å². The van der Waals surface area contributed by atoms with Crippen molar-refractivity contribution in [3.63, 3.8) is 0 Å². The number of benzene rings is 1. The first-order valence-electron chi connectivity index (χ1n) is 7.35. The van der Waals surface area contributed by atoms with Crippen molar-refractivity contribution in [2.24, 2.45) is 0 Å². The molecule has 0 spiro atoms. The number of piperazine rings is 1. The Morgan fingerprint density at radius 3 is 2.21 bits per heavy atom. The van der Waals surface area contributed by atoms with E-state index in [1.165, 1.54) is 0 Å². The number of nitrogens with one attached hydrogen (secondary N) is 1. The number of halogens is 4. The van der Waals surface area contributed by atoms with E-state index >= 15 is 0 Å². The second kappa shape index (κ2) is 7.85. The first-order valence-corrected chi connectivity index (χ1v) is 7.73. The average molecular weight is 364 g/mol. The minimum atomic E-state index is -4.42. The summed E-state index contributed by atoms with van der Waals surface area (Å²) in [7, 11) is 0. The number of nitrogens with zero attached hydrogens (tertiary/aromatic N) is 2. The summed E-state index contributed by atoms with van der Waals surface area (Å²) in [6.07, 6.45) is -4.42. The van der Waals surface area contributed by atoms with Crippen molar-refractivity contribution < 1.29 is 22.8 Å². The van der Waals surface area contributed by atoms with Crippen molar-refractivity contribution in [2.45, 2.75) is 6.18 Å². The van der Waals surface area contributed by atoms with Crippen LogP contribution in [0.4, 0.5) is 13.2 Å². The normalized spacial score (nSPS) is 16.1. The fourth-order valence-electron chi connectivity index (χ4n) is 2.34. The van der Waals surface area contributed by atoms with Gasteiger partial charge < -0.3 is 10.2 Å². The molecule has 1 aliphatic heterocycles. The van der Waals surface area contributed by atoms with Gasteiger partial charge in [0, 0.05) is 36.8 Å². The Kier molecular flexibility index (Phi) is 6.06. The third kappa shape index (κ3) is 5.68. The highest BCUT2D eigenvalue weighted by Gasteiger charge is 2.28. The van der Waals surface area contributed by atoms with E-state index in [0.29, 0.717) is 36.8 Å². The number of carbonyl (C=O) groups excluding carboxylic acids is 2. The van der Waals surface area contributed by atoms with Crippen LogP contribution in [0.25, 0.3) is 0 Å². The zero-order valence-electron chi connectivity index (χ0n) is 12.8. The van der Waals surface area contributed by atoms with Crippen LogP contribution in [-0.2, 0) is 4.79 Å². The van der Waals surface area contributed by atoms with Crippen LogP contribution >= 0.6 is 11.6 Å². The molecular weight excluding hydrogens is 347 g/mol. The molecule has 0 bridgehead atoms. The van der Waals surface area contributed by atoms with E-state index in [4.69, 9.17) is 11.6 Å². The minimum absolute atomic E-state index is 0.112. The summed E-state index contributed by atoms with van der Waals surface area (Å²) in [6.45, 7) is 0.236. The van der Waals surface area contributed by atoms with Gasteiger partial charge >= 0.3 is 6.18 Å². The summed E-state index contributed by atoms with van der Waals surface area (Å²) < 4.78 is 36.1. The van der Waals surface area contributed by atoms with Gasteiger partial charge in [-0.25, -0.2) is 0 Å². The molecule has 1 heterocycles. The highest BCUT2D eigenvalue weighted by molar-refractivity contribution is 6.30. The third-order valence-corrected chi connectivity index (χ3v) is 3.86. The van der Waals surface area contributed by atoms with E-state index in [-0.39, 0.29) is 12.5 Å². The van der Waals surface area contributed by atoms with E-state index in [0.717, 1.165) is 0 Å². The first-order chi connectivity index (χ1) is 11.2. The Morgan fingerprint density at radius 2 is 1.67 bits per heavy atom. The maximum atomic E-state index is 12.3. The van der Waals surface area contributed by atoms with Gasteiger partial charge in [0.1, 0.15) is 6.54 Å². The summed E-state index contributed by atoms with van der Waals surface area (Å²) in [5.74, 6) is -0.808. The van der Waals surface area contributed by atoms with Gasteiger partial charge in [-0.3, -0.25) is 14.5 Å². The van der Waals surface area contributed by atoms with Crippen LogP contribution in [0.5, 0.6) is 0 Å². The molecule has 0 radical (unpaired) electrons. The molecule has 24 heavy (non-hydrogen) atoms. The maximum Gasteiger partial charge on any atom is 0.405 e. The number of hydrogen-bond acceptors (Lipinski definition) is 3. The van der Waals surface area contributed by atoms with E-state index in [9.17, 15) is 22.8 Å². The average Bonchev–Trinajstić information content (AvgIpc) is 2.53. The molecule has 9 heteroatoms. The molecule has 1 N–H and O–H groups in total. The summed E-state index contributed by atoms with van der Waals surface area (Å²) >= 11 is 5.78. The van der Waals surface area contributed by atoms with E-state index in [2.05, 4.69) is 0 Å². The molecule has 132 valence electrons. The van der Waals surface area contributed by atoms with Crippen LogP contribution in [0.15, 0.2) is 24.3 Å². The summed E-state index contributed by atoms with van der Waals surface area (Å²) in [5.41, 5.74) is 0.524. The first kappa shape index (κ1) is 18.5. The highest BCUT2D eigenvalue weighted by Crippen LogP contribution is 2.14. The van der Waals surface area contributed by atoms with E-state index < -0.39 is 18.6 Å². The smallest absolute Gasteiger partial charge is 0.346 e. The van der Waals surface area contributed by atoms with Crippen LogP contribution in [0.1, 0.15) is 10.4 Å². The van der Waals surface area contributed by atoms with Crippen molar-refractivity contribution in [2.75, 3.05) is 39.3 Å². The summed E-state index contributed by atoms with van der Waals surface area (Å²) in [5, 5.41) is 2.38. The highest BCUT2D eigenvalue weighted by atomic mass is 35.5. The maximum absolute atomic E-state index is 12.3. The molecule has 0 unspecified atom stereocenters. The number of carbonyl (C=O) groups is 2. The van der Waals surface area contributed by atoms with Gasteiger partial charge in [-0.1, -0.05) is 11.6 Å². The number of rotatable bonds is 4. The molecule has 0 aromatic heterocycles. The molecule has 0 atom stereocenters. The van der Waals surface area contributed by atoms with Crippen molar-refractivity contribution in [3.8, 4) is 0 Å². The summed E-state index contributed by atoms with van der Waals surface area (Å²) in [4.78, 5) is 27.2. The number of alkyl halides is 3. The lowest BCUT2D eigenvalue weighted by Gasteiger charge is -2.34. The van der Waals surface area contributed by atoms with E-state index in [1.807, 2.05) is 5.32 Å². The molecule has 2 rings (SSSR count).